The Morgan fingerprint density at radius 3 is 2.47 bits per heavy atom. The average Bonchev–Trinajstić information content (AvgIpc) is 3.06. The minimum Gasteiger partial charge on any atom is -0.464 e. The molecule has 2 aliphatic rings. The van der Waals surface area contributed by atoms with Gasteiger partial charge in [-0.2, -0.15) is 0 Å². The van der Waals surface area contributed by atoms with Gasteiger partial charge in [-0.05, 0) is 30.5 Å². The number of rotatable bonds is 4. The molecule has 1 heterocycles. The zero-order chi connectivity index (χ0) is 13.7. The van der Waals surface area contributed by atoms with Crippen molar-refractivity contribution >= 4 is 15.8 Å². The van der Waals surface area contributed by atoms with Crippen LogP contribution in [0, 0.1) is 5.92 Å². The molecule has 2 atom stereocenters. The zero-order valence-corrected chi connectivity index (χ0v) is 11.6. The summed E-state index contributed by atoms with van der Waals surface area (Å²) in [5, 5.41) is 0. The number of cyclic esters (lactones) is 1. The average molecular weight is 280 g/mol. The lowest BCUT2D eigenvalue weighted by molar-refractivity contribution is -0.140. The highest BCUT2D eigenvalue weighted by Crippen LogP contribution is 2.57. The van der Waals surface area contributed by atoms with Gasteiger partial charge in [0.2, 0.25) is 0 Å². The van der Waals surface area contributed by atoms with Crippen molar-refractivity contribution in [3.8, 4) is 0 Å². The predicted octanol–water partition coefficient (Wildman–Crippen LogP) is 1.73. The van der Waals surface area contributed by atoms with Crippen LogP contribution in [0.3, 0.4) is 0 Å². The second-order valence-electron chi connectivity index (χ2n) is 5.29. The highest BCUT2D eigenvalue weighted by molar-refractivity contribution is 7.94. The normalized spacial score (nSPS) is 28.9. The number of carbonyl (C=O) groups excluding carboxylic acids is 1. The fourth-order valence-corrected chi connectivity index (χ4v) is 4.94. The molecule has 3 rings (SSSR count). The quantitative estimate of drug-likeness (QED) is 0.788. The van der Waals surface area contributed by atoms with Gasteiger partial charge in [0.1, 0.15) is 0 Å². The molecule has 4 nitrogen and oxygen atoms in total. The van der Waals surface area contributed by atoms with Crippen molar-refractivity contribution < 1.29 is 17.9 Å². The van der Waals surface area contributed by atoms with Gasteiger partial charge >= 0.3 is 5.97 Å². The number of ether oxygens (including phenoxy) is 1. The van der Waals surface area contributed by atoms with E-state index in [-0.39, 0.29) is 17.4 Å². The molecule has 19 heavy (non-hydrogen) atoms. The Hall–Kier alpha value is -1.36. The Kier molecular flexibility index (Phi) is 2.71. The Morgan fingerprint density at radius 1 is 1.32 bits per heavy atom. The van der Waals surface area contributed by atoms with Crippen molar-refractivity contribution in [2.45, 2.75) is 35.8 Å². The van der Waals surface area contributed by atoms with Crippen molar-refractivity contribution in [2.24, 2.45) is 5.92 Å². The summed E-state index contributed by atoms with van der Waals surface area (Å²) in [6.45, 7) is 2.32. The van der Waals surface area contributed by atoms with E-state index in [0.29, 0.717) is 6.42 Å². The molecule has 5 heteroatoms. The van der Waals surface area contributed by atoms with Crippen molar-refractivity contribution in [1.82, 2.24) is 0 Å². The van der Waals surface area contributed by atoms with Gasteiger partial charge in [0.05, 0.1) is 11.5 Å². The number of hydrogen-bond donors (Lipinski definition) is 0. The largest absolute Gasteiger partial charge is 0.464 e. The maximum absolute atomic E-state index is 12.6. The Morgan fingerprint density at radius 2 is 2.00 bits per heavy atom. The lowest BCUT2D eigenvalue weighted by Crippen LogP contribution is -2.31. The van der Waals surface area contributed by atoms with E-state index in [1.807, 2.05) is 12.1 Å². The number of hydrogen-bond acceptors (Lipinski definition) is 4. The fraction of sp³-hybridized carbons (Fsp3) is 0.500. The van der Waals surface area contributed by atoms with Gasteiger partial charge in [-0.15, -0.1) is 0 Å². The summed E-state index contributed by atoms with van der Waals surface area (Å²) in [5.41, 5.74) is 1.11. The third-order valence-corrected chi connectivity index (χ3v) is 6.58. The van der Waals surface area contributed by atoms with E-state index < -0.39 is 20.6 Å². The number of aryl methyl sites for hydroxylation is 1. The molecule has 1 saturated heterocycles. The molecule has 0 bridgehead atoms. The maximum atomic E-state index is 12.6. The van der Waals surface area contributed by atoms with E-state index in [4.69, 9.17) is 4.74 Å². The summed E-state index contributed by atoms with van der Waals surface area (Å²) < 4.78 is 28.7. The van der Waals surface area contributed by atoms with Crippen molar-refractivity contribution in [3.05, 3.63) is 29.8 Å². The van der Waals surface area contributed by atoms with E-state index >= 15 is 0 Å². The highest BCUT2D eigenvalue weighted by atomic mass is 32.2. The van der Waals surface area contributed by atoms with Gasteiger partial charge in [0.25, 0.3) is 0 Å². The highest BCUT2D eigenvalue weighted by Gasteiger charge is 2.74. The third kappa shape index (κ3) is 1.64. The van der Waals surface area contributed by atoms with E-state index in [2.05, 4.69) is 6.92 Å². The molecule has 2 fully saturated rings. The minimum atomic E-state index is -3.62. The van der Waals surface area contributed by atoms with Crippen LogP contribution in [0.5, 0.6) is 0 Å². The van der Waals surface area contributed by atoms with Gasteiger partial charge in [-0.3, -0.25) is 4.79 Å². The molecule has 102 valence electrons. The topological polar surface area (TPSA) is 60.4 Å². The van der Waals surface area contributed by atoms with Crippen LogP contribution in [0.25, 0.3) is 0 Å². The molecule has 1 aliphatic heterocycles. The molecule has 0 amide bonds. The number of fused-ring (bicyclic) bond motifs is 1. The van der Waals surface area contributed by atoms with Crippen LogP contribution in [-0.4, -0.2) is 25.7 Å². The summed E-state index contributed by atoms with van der Waals surface area (Å²) >= 11 is 0. The summed E-state index contributed by atoms with van der Waals surface area (Å²) in [4.78, 5) is 12.0. The zero-order valence-electron chi connectivity index (χ0n) is 10.8. The minimum absolute atomic E-state index is 0.152. The van der Waals surface area contributed by atoms with Gasteiger partial charge in [0, 0.05) is 5.92 Å². The van der Waals surface area contributed by atoms with E-state index in [0.717, 1.165) is 18.4 Å². The van der Waals surface area contributed by atoms with Gasteiger partial charge < -0.3 is 4.74 Å². The van der Waals surface area contributed by atoms with E-state index in [1.54, 1.807) is 12.1 Å². The first-order valence-corrected chi connectivity index (χ1v) is 8.01. The molecule has 1 aromatic rings. The standard InChI is InChI=1S/C14H16O4S/c1-2-3-10-4-6-12(7-5-10)19(16,17)14-8-11(14)9-18-13(14)15/h4-7,11H,2-3,8-9H2,1H3/t11-,14+/m0/s1. The Bertz CT molecular complexity index is 617. The van der Waals surface area contributed by atoms with Crippen LogP contribution in [0.15, 0.2) is 29.2 Å². The van der Waals surface area contributed by atoms with Gasteiger partial charge in [0.15, 0.2) is 14.6 Å². The Labute approximate surface area is 112 Å². The maximum Gasteiger partial charge on any atom is 0.328 e. The Balaban J connectivity index is 1.95. The van der Waals surface area contributed by atoms with E-state index in [1.165, 1.54) is 0 Å². The molecule has 0 aromatic heterocycles. The van der Waals surface area contributed by atoms with Crippen LogP contribution in [0.1, 0.15) is 25.3 Å². The molecule has 1 aromatic carbocycles. The second-order valence-corrected chi connectivity index (χ2v) is 7.49. The van der Waals surface area contributed by atoms with Crippen molar-refractivity contribution in [1.29, 1.82) is 0 Å². The molecule has 0 radical (unpaired) electrons. The van der Waals surface area contributed by atoms with Crippen molar-refractivity contribution in [3.63, 3.8) is 0 Å². The van der Waals surface area contributed by atoms with Crippen LogP contribution in [0.4, 0.5) is 0 Å². The number of esters is 1. The monoisotopic (exact) mass is 280 g/mol. The second kappa shape index (κ2) is 4.07. The van der Waals surface area contributed by atoms with Gasteiger partial charge in [-0.1, -0.05) is 25.5 Å². The van der Waals surface area contributed by atoms with Crippen LogP contribution in [0.2, 0.25) is 0 Å². The fourth-order valence-electron chi connectivity index (χ4n) is 2.82. The SMILES string of the molecule is CCCc1ccc(S(=O)(=O)[C@]23C[C@H]2COC3=O)cc1. The number of benzene rings is 1. The molecule has 1 aliphatic carbocycles. The summed E-state index contributed by atoms with van der Waals surface area (Å²) in [6, 6.07) is 6.86. The molecule has 0 spiro atoms. The molecule has 1 saturated carbocycles. The lowest BCUT2D eigenvalue weighted by Gasteiger charge is -2.11. The van der Waals surface area contributed by atoms with Crippen LogP contribution in [-0.2, 0) is 25.8 Å². The number of sulfone groups is 1. The molecule has 0 unspecified atom stereocenters. The van der Waals surface area contributed by atoms with Gasteiger partial charge in [-0.25, -0.2) is 8.42 Å². The molecular weight excluding hydrogens is 264 g/mol. The third-order valence-electron chi connectivity index (χ3n) is 4.06. The first-order chi connectivity index (χ1) is 9.02. The predicted molar refractivity (Wildman–Crippen MR) is 69.4 cm³/mol. The summed E-state index contributed by atoms with van der Waals surface area (Å²) in [7, 11) is -3.62. The van der Waals surface area contributed by atoms with Crippen LogP contribution < -0.4 is 0 Å². The van der Waals surface area contributed by atoms with Crippen molar-refractivity contribution in [2.75, 3.05) is 6.61 Å². The molecular formula is C14H16O4S. The summed E-state index contributed by atoms with van der Waals surface area (Å²) in [5.74, 6) is -0.726. The summed E-state index contributed by atoms with van der Waals surface area (Å²) in [6.07, 6.45) is 2.35. The first-order valence-electron chi connectivity index (χ1n) is 6.53. The lowest BCUT2D eigenvalue weighted by atomic mass is 10.1. The molecule has 0 N–H and O–H groups in total. The first kappa shape index (κ1) is 12.7. The van der Waals surface area contributed by atoms with E-state index in [9.17, 15) is 13.2 Å². The number of carbonyl (C=O) groups is 1. The smallest absolute Gasteiger partial charge is 0.328 e. The van der Waals surface area contributed by atoms with Crippen LogP contribution >= 0.6 is 0 Å².